The highest BCUT2D eigenvalue weighted by molar-refractivity contribution is 7.13. The molecule has 4 nitrogen and oxygen atoms in total. The maximum absolute atomic E-state index is 5.13. The molecule has 0 aromatic carbocycles. The van der Waals surface area contributed by atoms with Gasteiger partial charge in [0.2, 0.25) is 0 Å². The molecule has 0 aliphatic carbocycles. The Balaban J connectivity index is 2.06. The molecule has 0 atom stereocenters. The summed E-state index contributed by atoms with van der Waals surface area (Å²) in [7, 11) is 1.73. The van der Waals surface area contributed by atoms with Gasteiger partial charge in [-0.1, -0.05) is 6.07 Å². The molecule has 0 bridgehead atoms. The van der Waals surface area contributed by atoms with Crippen LogP contribution in [0, 0.1) is 0 Å². The Morgan fingerprint density at radius 1 is 1.32 bits per heavy atom. The van der Waals surface area contributed by atoms with Gasteiger partial charge in [0.1, 0.15) is 5.52 Å². The van der Waals surface area contributed by atoms with Crippen LogP contribution < -0.4 is 0 Å². The van der Waals surface area contributed by atoms with Gasteiger partial charge in [-0.3, -0.25) is 0 Å². The largest absolute Gasteiger partial charge is 0.385 e. The predicted octanol–water partition coefficient (Wildman–Crippen LogP) is 3.20. The van der Waals surface area contributed by atoms with Gasteiger partial charge in [-0.2, -0.15) is 0 Å². The lowest BCUT2D eigenvalue weighted by Crippen LogP contribution is -2.03. The van der Waals surface area contributed by atoms with E-state index in [1.165, 1.54) is 4.88 Å². The molecular formula is C14H15N3OS. The topological polar surface area (TPSA) is 39.9 Å². The minimum atomic E-state index is 0.746. The summed E-state index contributed by atoms with van der Waals surface area (Å²) in [6.45, 7) is 1.62. The molecule has 0 N–H and O–H groups in total. The molecule has 98 valence electrons. The molecule has 19 heavy (non-hydrogen) atoms. The number of hydrogen-bond acceptors (Lipinski definition) is 4. The predicted molar refractivity (Wildman–Crippen MR) is 77.3 cm³/mol. The van der Waals surface area contributed by atoms with E-state index < -0.39 is 0 Å². The second-order valence-electron chi connectivity index (χ2n) is 4.26. The normalized spacial score (nSPS) is 11.2. The van der Waals surface area contributed by atoms with Crippen LogP contribution in [0.25, 0.3) is 21.9 Å². The SMILES string of the molecule is COCCCn1c(-c2cccs2)nc2cccnc21. The highest BCUT2D eigenvalue weighted by Crippen LogP contribution is 2.27. The molecule has 0 unspecified atom stereocenters. The molecule has 3 heterocycles. The van der Waals surface area contributed by atoms with Crippen LogP contribution in [0.5, 0.6) is 0 Å². The van der Waals surface area contributed by atoms with Gasteiger partial charge in [0.25, 0.3) is 0 Å². The van der Waals surface area contributed by atoms with Crippen LogP contribution in [0.15, 0.2) is 35.8 Å². The standard InChI is InChI=1S/C14H15N3OS/c1-18-9-4-8-17-13-11(5-2-7-15-13)16-14(17)12-6-3-10-19-12/h2-3,5-7,10H,4,8-9H2,1H3. The van der Waals surface area contributed by atoms with Crippen molar-refractivity contribution in [3.8, 4) is 10.7 Å². The van der Waals surface area contributed by atoms with E-state index >= 15 is 0 Å². The molecule has 0 amide bonds. The van der Waals surface area contributed by atoms with Gasteiger partial charge >= 0.3 is 0 Å². The molecule has 0 saturated carbocycles. The molecule has 5 heteroatoms. The maximum atomic E-state index is 5.13. The summed E-state index contributed by atoms with van der Waals surface area (Å²) in [6, 6.07) is 8.07. The summed E-state index contributed by atoms with van der Waals surface area (Å²) in [5, 5.41) is 2.07. The van der Waals surface area contributed by atoms with Crippen molar-refractivity contribution >= 4 is 22.5 Å². The second-order valence-corrected chi connectivity index (χ2v) is 5.20. The van der Waals surface area contributed by atoms with Crippen LogP contribution in [0.3, 0.4) is 0 Å². The van der Waals surface area contributed by atoms with Crippen molar-refractivity contribution in [1.29, 1.82) is 0 Å². The first-order chi connectivity index (χ1) is 9.40. The first-order valence-corrected chi connectivity index (χ1v) is 7.12. The number of aryl methyl sites for hydroxylation is 1. The lowest BCUT2D eigenvalue weighted by atomic mass is 10.4. The second kappa shape index (κ2) is 5.50. The Morgan fingerprint density at radius 2 is 2.26 bits per heavy atom. The molecule has 0 saturated heterocycles. The van der Waals surface area contributed by atoms with Crippen molar-refractivity contribution < 1.29 is 4.74 Å². The zero-order valence-corrected chi connectivity index (χ0v) is 11.6. The van der Waals surface area contributed by atoms with Crippen LogP contribution in [0.4, 0.5) is 0 Å². The summed E-state index contributed by atoms with van der Waals surface area (Å²) < 4.78 is 7.31. The van der Waals surface area contributed by atoms with E-state index in [0.717, 1.165) is 36.6 Å². The molecule has 0 aliphatic heterocycles. The Morgan fingerprint density at radius 3 is 3.05 bits per heavy atom. The van der Waals surface area contributed by atoms with Gasteiger partial charge in [-0.25, -0.2) is 9.97 Å². The molecular weight excluding hydrogens is 258 g/mol. The molecule has 0 radical (unpaired) electrons. The monoisotopic (exact) mass is 273 g/mol. The minimum absolute atomic E-state index is 0.746. The number of imidazole rings is 1. The maximum Gasteiger partial charge on any atom is 0.160 e. The number of pyridine rings is 1. The van der Waals surface area contributed by atoms with Crippen LogP contribution >= 0.6 is 11.3 Å². The highest BCUT2D eigenvalue weighted by Gasteiger charge is 2.13. The smallest absolute Gasteiger partial charge is 0.160 e. The van der Waals surface area contributed by atoms with Crippen molar-refractivity contribution in [2.75, 3.05) is 13.7 Å². The number of thiophene rings is 1. The lowest BCUT2D eigenvalue weighted by molar-refractivity contribution is 0.191. The fourth-order valence-electron chi connectivity index (χ4n) is 2.13. The zero-order valence-electron chi connectivity index (χ0n) is 10.7. The average molecular weight is 273 g/mol. The molecule has 0 aliphatic rings. The first-order valence-electron chi connectivity index (χ1n) is 6.24. The molecule has 3 aromatic rings. The van der Waals surface area contributed by atoms with Gasteiger partial charge in [-0.05, 0) is 30.0 Å². The summed E-state index contributed by atoms with van der Waals surface area (Å²) in [4.78, 5) is 10.3. The van der Waals surface area contributed by atoms with Crippen molar-refractivity contribution in [3.05, 3.63) is 35.8 Å². The number of fused-ring (bicyclic) bond motifs is 1. The Bertz CT molecular complexity index is 660. The fourth-order valence-corrected chi connectivity index (χ4v) is 2.85. The Kier molecular flexibility index (Phi) is 3.57. The quantitative estimate of drug-likeness (QED) is 0.670. The van der Waals surface area contributed by atoms with Gasteiger partial charge in [0.05, 0.1) is 4.88 Å². The van der Waals surface area contributed by atoms with Crippen molar-refractivity contribution in [2.24, 2.45) is 0 Å². The molecule has 3 aromatic heterocycles. The molecule has 3 rings (SSSR count). The van der Waals surface area contributed by atoms with Crippen LogP contribution in [0.1, 0.15) is 6.42 Å². The first kappa shape index (κ1) is 12.3. The van der Waals surface area contributed by atoms with E-state index in [1.54, 1.807) is 18.4 Å². The summed E-state index contributed by atoms with van der Waals surface area (Å²) in [5.74, 6) is 1.000. The third-order valence-corrected chi connectivity index (χ3v) is 3.84. The summed E-state index contributed by atoms with van der Waals surface area (Å²) in [5.41, 5.74) is 1.89. The Hall–Kier alpha value is -1.72. The minimum Gasteiger partial charge on any atom is -0.385 e. The van der Waals surface area contributed by atoms with Crippen molar-refractivity contribution in [2.45, 2.75) is 13.0 Å². The number of ether oxygens (including phenoxy) is 1. The van der Waals surface area contributed by atoms with E-state index in [1.807, 2.05) is 24.4 Å². The number of rotatable bonds is 5. The number of nitrogens with zero attached hydrogens (tertiary/aromatic N) is 3. The van der Waals surface area contributed by atoms with E-state index in [-0.39, 0.29) is 0 Å². The number of methoxy groups -OCH3 is 1. The lowest BCUT2D eigenvalue weighted by Gasteiger charge is -2.06. The highest BCUT2D eigenvalue weighted by atomic mass is 32.1. The zero-order chi connectivity index (χ0) is 13.1. The van der Waals surface area contributed by atoms with Gasteiger partial charge in [-0.15, -0.1) is 11.3 Å². The summed E-state index contributed by atoms with van der Waals surface area (Å²) >= 11 is 1.70. The van der Waals surface area contributed by atoms with Gasteiger partial charge in [0, 0.05) is 26.5 Å². The summed E-state index contributed by atoms with van der Waals surface area (Å²) in [6.07, 6.45) is 2.77. The number of hydrogen-bond donors (Lipinski definition) is 0. The number of aromatic nitrogens is 3. The van der Waals surface area contributed by atoms with E-state index in [0.29, 0.717) is 0 Å². The van der Waals surface area contributed by atoms with Crippen LogP contribution in [-0.2, 0) is 11.3 Å². The fraction of sp³-hybridized carbons (Fsp3) is 0.286. The van der Waals surface area contributed by atoms with E-state index in [9.17, 15) is 0 Å². The van der Waals surface area contributed by atoms with Gasteiger partial charge < -0.3 is 9.30 Å². The Labute approximate surface area is 115 Å². The van der Waals surface area contributed by atoms with Crippen molar-refractivity contribution in [3.63, 3.8) is 0 Å². The third kappa shape index (κ3) is 2.39. The average Bonchev–Trinajstić information content (AvgIpc) is 3.06. The van der Waals surface area contributed by atoms with Crippen LogP contribution in [0.2, 0.25) is 0 Å². The van der Waals surface area contributed by atoms with Crippen LogP contribution in [-0.4, -0.2) is 28.3 Å². The molecule has 0 spiro atoms. The van der Waals surface area contributed by atoms with Crippen molar-refractivity contribution in [1.82, 2.24) is 14.5 Å². The van der Waals surface area contributed by atoms with E-state index in [4.69, 9.17) is 9.72 Å². The van der Waals surface area contributed by atoms with Gasteiger partial charge in [0.15, 0.2) is 11.5 Å². The third-order valence-electron chi connectivity index (χ3n) is 2.98. The van der Waals surface area contributed by atoms with E-state index in [2.05, 4.69) is 21.0 Å². The molecule has 0 fully saturated rings.